The van der Waals surface area contributed by atoms with Crippen molar-refractivity contribution < 1.29 is 8.42 Å². The van der Waals surface area contributed by atoms with E-state index in [0.717, 1.165) is 4.31 Å². The first-order valence-corrected chi connectivity index (χ1v) is 6.73. The van der Waals surface area contributed by atoms with Gasteiger partial charge in [0.1, 0.15) is 6.07 Å². The highest BCUT2D eigenvalue weighted by atomic mass is 32.2. The SMILES string of the molecule is CC(CC#N)N(C)S(=O)(=O)c1ccccc1C#N. The maximum Gasteiger partial charge on any atom is 0.244 e. The number of hydrogen-bond acceptors (Lipinski definition) is 4. The quantitative estimate of drug-likeness (QED) is 0.823. The molecule has 1 unspecified atom stereocenters. The lowest BCUT2D eigenvalue weighted by atomic mass is 10.2. The summed E-state index contributed by atoms with van der Waals surface area (Å²) >= 11 is 0. The van der Waals surface area contributed by atoms with Gasteiger partial charge in [-0.15, -0.1) is 0 Å². The summed E-state index contributed by atoms with van der Waals surface area (Å²) in [6, 6.07) is 9.37. The van der Waals surface area contributed by atoms with E-state index in [1.807, 2.05) is 12.1 Å². The van der Waals surface area contributed by atoms with Gasteiger partial charge in [-0.1, -0.05) is 12.1 Å². The van der Waals surface area contributed by atoms with Crippen LogP contribution in [0.25, 0.3) is 0 Å². The molecule has 5 nitrogen and oxygen atoms in total. The molecule has 0 aliphatic rings. The smallest absolute Gasteiger partial charge is 0.207 e. The van der Waals surface area contributed by atoms with Crippen molar-refractivity contribution in [3.8, 4) is 12.1 Å². The first-order valence-electron chi connectivity index (χ1n) is 5.29. The Morgan fingerprint density at radius 2 is 1.94 bits per heavy atom. The van der Waals surface area contributed by atoms with Crippen molar-refractivity contribution in [2.24, 2.45) is 0 Å². The van der Waals surface area contributed by atoms with Crippen LogP contribution < -0.4 is 0 Å². The Morgan fingerprint density at radius 1 is 1.33 bits per heavy atom. The zero-order valence-electron chi connectivity index (χ0n) is 10.2. The number of nitriles is 2. The highest BCUT2D eigenvalue weighted by Crippen LogP contribution is 2.20. The van der Waals surface area contributed by atoms with Crippen molar-refractivity contribution >= 4 is 10.0 Å². The van der Waals surface area contributed by atoms with Gasteiger partial charge in [0.25, 0.3) is 0 Å². The molecule has 0 aromatic heterocycles. The van der Waals surface area contributed by atoms with E-state index >= 15 is 0 Å². The molecule has 0 aliphatic carbocycles. The van der Waals surface area contributed by atoms with E-state index in [4.69, 9.17) is 10.5 Å². The lowest BCUT2D eigenvalue weighted by molar-refractivity contribution is 0.393. The molecule has 1 aromatic carbocycles. The van der Waals surface area contributed by atoms with Crippen LogP contribution in [0.2, 0.25) is 0 Å². The minimum Gasteiger partial charge on any atom is -0.207 e. The molecule has 18 heavy (non-hydrogen) atoms. The Labute approximate surface area is 107 Å². The van der Waals surface area contributed by atoms with Crippen molar-refractivity contribution in [3.05, 3.63) is 29.8 Å². The van der Waals surface area contributed by atoms with E-state index in [9.17, 15) is 8.42 Å². The largest absolute Gasteiger partial charge is 0.244 e. The molecule has 0 radical (unpaired) electrons. The molecule has 0 saturated carbocycles. The van der Waals surface area contributed by atoms with Crippen LogP contribution in [-0.2, 0) is 10.0 Å². The van der Waals surface area contributed by atoms with Crippen LogP contribution in [0.5, 0.6) is 0 Å². The average Bonchev–Trinajstić information content (AvgIpc) is 2.38. The van der Waals surface area contributed by atoms with Gasteiger partial charge in [0.15, 0.2) is 0 Å². The monoisotopic (exact) mass is 263 g/mol. The molecule has 0 amide bonds. The van der Waals surface area contributed by atoms with Gasteiger partial charge in [0.2, 0.25) is 10.0 Å². The van der Waals surface area contributed by atoms with Gasteiger partial charge in [-0.05, 0) is 19.1 Å². The second kappa shape index (κ2) is 5.63. The summed E-state index contributed by atoms with van der Waals surface area (Å²) in [5.41, 5.74) is 0.105. The van der Waals surface area contributed by atoms with E-state index < -0.39 is 16.1 Å². The third-order valence-electron chi connectivity index (χ3n) is 2.67. The Balaban J connectivity index is 3.23. The van der Waals surface area contributed by atoms with E-state index in [1.165, 1.54) is 19.2 Å². The van der Waals surface area contributed by atoms with Crippen LogP contribution in [0.4, 0.5) is 0 Å². The normalized spacial score (nSPS) is 12.7. The maximum atomic E-state index is 12.3. The van der Waals surface area contributed by atoms with Crippen LogP contribution in [0.1, 0.15) is 18.9 Å². The third-order valence-corrected chi connectivity index (χ3v) is 4.70. The summed E-state index contributed by atoms with van der Waals surface area (Å²) in [4.78, 5) is -0.0280. The molecular formula is C12H13N3O2S. The fourth-order valence-corrected chi connectivity index (χ4v) is 2.94. The summed E-state index contributed by atoms with van der Waals surface area (Å²) < 4.78 is 25.7. The molecular weight excluding hydrogens is 250 g/mol. The Hall–Kier alpha value is -1.89. The predicted molar refractivity (Wildman–Crippen MR) is 65.8 cm³/mol. The second-order valence-electron chi connectivity index (χ2n) is 3.84. The minimum atomic E-state index is -3.74. The standard InChI is InChI=1S/C12H13N3O2S/c1-10(7-8-13)15(2)18(16,17)12-6-4-3-5-11(12)9-14/h3-6,10H,7H2,1-2H3. The first-order chi connectivity index (χ1) is 8.45. The molecule has 0 heterocycles. The van der Waals surface area contributed by atoms with Crippen LogP contribution in [0.15, 0.2) is 29.2 Å². The molecule has 1 aromatic rings. The van der Waals surface area contributed by atoms with Gasteiger partial charge < -0.3 is 0 Å². The lowest BCUT2D eigenvalue weighted by Gasteiger charge is -2.22. The molecule has 0 fully saturated rings. The van der Waals surface area contributed by atoms with E-state index in [2.05, 4.69) is 0 Å². The molecule has 0 spiro atoms. The van der Waals surface area contributed by atoms with E-state index in [1.54, 1.807) is 19.1 Å². The zero-order valence-corrected chi connectivity index (χ0v) is 11.0. The van der Waals surface area contributed by atoms with Crippen molar-refractivity contribution in [1.29, 1.82) is 10.5 Å². The topological polar surface area (TPSA) is 85.0 Å². The van der Waals surface area contributed by atoms with Crippen LogP contribution >= 0.6 is 0 Å². The molecule has 1 rings (SSSR count). The number of hydrogen-bond donors (Lipinski definition) is 0. The van der Waals surface area contributed by atoms with Crippen LogP contribution in [-0.4, -0.2) is 25.8 Å². The molecule has 0 bridgehead atoms. The fourth-order valence-electron chi connectivity index (χ4n) is 1.44. The molecule has 94 valence electrons. The van der Waals surface area contributed by atoms with Crippen molar-refractivity contribution in [2.45, 2.75) is 24.3 Å². The Kier molecular flexibility index (Phi) is 4.43. The zero-order chi connectivity index (χ0) is 13.8. The second-order valence-corrected chi connectivity index (χ2v) is 5.81. The summed E-state index contributed by atoms with van der Waals surface area (Å²) in [5, 5.41) is 17.5. The van der Waals surface area contributed by atoms with E-state index in [-0.39, 0.29) is 16.9 Å². The van der Waals surface area contributed by atoms with E-state index in [0.29, 0.717) is 0 Å². The number of sulfonamides is 1. The Bertz CT molecular complexity index is 611. The van der Waals surface area contributed by atoms with Gasteiger partial charge in [0.05, 0.1) is 22.9 Å². The summed E-state index contributed by atoms with van der Waals surface area (Å²) in [5.74, 6) is 0. The molecule has 0 aliphatic heterocycles. The summed E-state index contributed by atoms with van der Waals surface area (Å²) in [6.07, 6.45) is 0.102. The highest BCUT2D eigenvalue weighted by Gasteiger charge is 2.27. The number of benzene rings is 1. The average molecular weight is 263 g/mol. The van der Waals surface area contributed by atoms with Crippen molar-refractivity contribution in [3.63, 3.8) is 0 Å². The predicted octanol–water partition coefficient (Wildman–Crippen LogP) is 1.48. The molecule has 6 heteroatoms. The fraction of sp³-hybridized carbons (Fsp3) is 0.333. The van der Waals surface area contributed by atoms with Gasteiger partial charge >= 0.3 is 0 Å². The molecule has 0 saturated heterocycles. The first kappa shape index (κ1) is 14.2. The summed E-state index contributed by atoms with van der Waals surface area (Å²) in [6.45, 7) is 1.65. The maximum absolute atomic E-state index is 12.3. The minimum absolute atomic E-state index is 0.0280. The highest BCUT2D eigenvalue weighted by molar-refractivity contribution is 7.89. The van der Waals surface area contributed by atoms with Crippen molar-refractivity contribution in [1.82, 2.24) is 4.31 Å². The van der Waals surface area contributed by atoms with Gasteiger partial charge in [0, 0.05) is 13.1 Å². The lowest BCUT2D eigenvalue weighted by Crippen LogP contribution is -2.35. The van der Waals surface area contributed by atoms with Crippen molar-refractivity contribution in [2.75, 3.05) is 7.05 Å². The van der Waals surface area contributed by atoms with Gasteiger partial charge in [-0.2, -0.15) is 14.8 Å². The van der Waals surface area contributed by atoms with Crippen LogP contribution in [0, 0.1) is 22.7 Å². The summed E-state index contributed by atoms with van der Waals surface area (Å²) in [7, 11) is -2.34. The Morgan fingerprint density at radius 3 is 2.50 bits per heavy atom. The van der Waals surface area contributed by atoms with Gasteiger partial charge in [-0.3, -0.25) is 0 Å². The van der Waals surface area contributed by atoms with Gasteiger partial charge in [-0.25, -0.2) is 8.42 Å². The third kappa shape index (κ3) is 2.67. The molecule has 1 atom stereocenters. The number of rotatable bonds is 4. The molecule has 0 N–H and O–H groups in total. The van der Waals surface area contributed by atoms with Crippen LogP contribution in [0.3, 0.4) is 0 Å². The number of nitrogens with zero attached hydrogens (tertiary/aromatic N) is 3.